The van der Waals surface area contributed by atoms with Crippen LogP contribution in [0.5, 0.6) is 5.75 Å². The summed E-state index contributed by atoms with van der Waals surface area (Å²) < 4.78 is 12.5. The summed E-state index contributed by atoms with van der Waals surface area (Å²) >= 11 is 9.61. The maximum Gasteiger partial charge on any atom is 0.134 e. The number of ether oxygens (including phenoxy) is 2. The fraction of sp³-hybridized carbons (Fsp3) is 0.538. The van der Waals surface area contributed by atoms with Gasteiger partial charge in [-0.15, -0.1) is 11.6 Å². The number of rotatable bonds is 4. The van der Waals surface area contributed by atoms with Gasteiger partial charge in [-0.2, -0.15) is 0 Å². The van der Waals surface area contributed by atoms with E-state index < -0.39 is 0 Å². The molecule has 1 saturated carbocycles. The summed E-state index contributed by atoms with van der Waals surface area (Å²) in [5.74, 6) is 0.855. The Kier molecular flexibility index (Phi) is 4.34. The second-order valence-electron chi connectivity index (χ2n) is 4.26. The van der Waals surface area contributed by atoms with Crippen LogP contribution in [0.15, 0.2) is 22.7 Å². The number of benzene rings is 1. The van der Waals surface area contributed by atoms with Crippen LogP contribution in [0.2, 0.25) is 0 Å². The SMILES string of the molecule is CCOC1C(Cl)CC1Oc1ccc(C)cc1Br. The molecule has 4 heteroatoms. The highest BCUT2D eigenvalue weighted by Gasteiger charge is 2.42. The minimum Gasteiger partial charge on any atom is -0.486 e. The van der Waals surface area contributed by atoms with Crippen molar-refractivity contribution < 1.29 is 9.47 Å². The second kappa shape index (κ2) is 5.59. The molecule has 0 bridgehead atoms. The lowest BCUT2D eigenvalue weighted by molar-refractivity contribution is -0.0762. The van der Waals surface area contributed by atoms with Crippen LogP contribution in [-0.4, -0.2) is 24.2 Å². The van der Waals surface area contributed by atoms with E-state index in [0.29, 0.717) is 6.61 Å². The second-order valence-corrected chi connectivity index (χ2v) is 5.68. The number of alkyl halides is 1. The summed E-state index contributed by atoms with van der Waals surface area (Å²) in [6.07, 6.45) is 0.915. The molecule has 0 saturated heterocycles. The zero-order valence-electron chi connectivity index (χ0n) is 9.95. The number of hydrogen-bond donors (Lipinski definition) is 0. The molecule has 0 aliphatic heterocycles. The molecule has 1 fully saturated rings. The quantitative estimate of drug-likeness (QED) is 0.783. The molecule has 0 amide bonds. The Balaban J connectivity index is 2.01. The Labute approximate surface area is 115 Å². The van der Waals surface area contributed by atoms with Crippen molar-refractivity contribution >= 4 is 27.5 Å². The van der Waals surface area contributed by atoms with Crippen molar-refractivity contribution in [3.8, 4) is 5.75 Å². The Morgan fingerprint density at radius 1 is 1.47 bits per heavy atom. The Morgan fingerprint density at radius 2 is 2.24 bits per heavy atom. The molecular weight excluding hydrogens is 303 g/mol. The van der Waals surface area contributed by atoms with Crippen LogP contribution in [0.1, 0.15) is 18.9 Å². The van der Waals surface area contributed by atoms with Crippen molar-refractivity contribution in [3.63, 3.8) is 0 Å². The lowest BCUT2D eigenvalue weighted by Gasteiger charge is -2.40. The highest BCUT2D eigenvalue weighted by molar-refractivity contribution is 9.10. The third-order valence-electron chi connectivity index (χ3n) is 2.91. The summed E-state index contributed by atoms with van der Waals surface area (Å²) in [7, 11) is 0. The summed E-state index contributed by atoms with van der Waals surface area (Å²) in [6, 6.07) is 6.05. The fourth-order valence-electron chi connectivity index (χ4n) is 1.91. The molecule has 1 aromatic rings. The molecule has 1 aliphatic carbocycles. The highest BCUT2D eigenvalue weighted by atomic mass is 79.9. The molecule has 3 unspecified atom stereocenters. The van der Waals surface area contributed by atoms with Gasteiger partial charge in [-0.25, -0.2) is 0 Å². The number of hydrogen-bond acceptors (Lipinski definition) is 2. The minimum absolute atomic E-state index is 0.00914. The Hall–Kier alpha value is -0.250. The first kappa shape index (κ1) is 13.2. The van der Waals surface area contributed by atoms with E-state index in [4.69, 9.17) is 21.1 Å². The van der Waals surface area contributed by atoms with Crippen LogP contribution in [0.4, 0.5) is 0 Å². The zero-order chi connectivity index (χ0) is 12.4. The molecule has 2 rings (SSSR count). The van der Waals surface area contributed by atoms with Crippen molar-refractivity contribution in [2.24, 2.45) is 0 Å². The minimum atomic E-state index is 0.00914. The van der Waals surface area contributed by atoms with Crippen LogP contribution in [-0.2, 0) is 4.74 Å². The Bertz CT molecular complexity index is 397. The van der Waals surface area contributed by atoms with E-state index in [9.17, 15) is 0 Å². The third-order valence-corrected chi connectivity index (χ3v) is 3.95. The molecule has 3 atom stereocenters. The van der Waals surface area contributed by atoms with Crippen molar-refractivity contribution in [2.45, 2.75) is 37.9 Å². The van der Waals surface area contributed by atoms with Gasteiger partial charge in [0.15, 0.2) is 0 Å². The number of halogens is 2. The molecule has 0 radical (unpaired) electrons. The van der Waals surface area contributed by atoms with E-state index in [1.54, 1.807) is 0 Å². The predicted octanol–water partition coefficient (Wildman–Crippen LogP) is 3.92. The van der Waals surface area contributed by atoms with E-state index >= 15 is 0 Å². The van der Waals surface area contributed by atoms with Gasteiger partial charge < -0.3 is 9.47 Å². The van der Waals surface area contributed by atoms with Gasteiger partial charge >= 0.3 is 0 Å². The molecule has 0 spiro atoms. The molecule has 0 heterocycles. The highest BCUT2D eigenvalue weighted by Crippen LogP contribution is 2.35. The molecule has 1 aliphatic rings. The van der Waals surface area contributed by atoms with E-state index in [1.807, 2.05) is 25.1 Å². The summed E-state index contributed by atoms with van der Waals surface area (Å²) in [5, 5.41) is 0.0733. The smallest absolute Gasteiger partial charge is 0.134 e. The molecule has 0 aromatic heterocycles. The lowest BCUT2D eigenvalue weighted by Crippen LogP contribution is -2.52. The van der Waals surface area contributed by atoms with E-state index in [0.717, 1.165) is 16.6 Å². The van der Waals surface area contributed by atoms with Crippen molar-refractivity contribution in [3.05, 3.63) is 28.2 Å². The molecular formula is C13H16BrClO2. The van der Waals surface area contributed by atoms with E-state index in [-0.39, 0.29) is 17.6 Å². The third kappa shape index (κ3) is 2.95. The normalized spacial score (nSPS) is 27.6. The predicted molar refractivity (Wildman–Crippen MR) is 73.0 cm³/mol. The standard InChI is InChI=1S/C13H16BrClO2/c1-3-16-13-10(15)7-12(13)17-11-5-4-8(2)6-9(11)14/h4-6,10,12-13H,3,7H2,1-2H3. The van der Waals surface area contributed by atoms with Gasteiger partial charge in [0.2, 0.25) is 0 Å². The first-order valence-electron chi connectivity index (χ1n) is 5.80. The lowest BCUT2D eigenvalue weighted by atomic mass is 9.91. The molecule has 17 heavy (non-hydrogen) atoms. The van der Waals surface area contributed by atoms with Crippen LogP contribution in [0.3, 0.4) is 0 Å². The van der Waals surface area contributed by atoms with Crippen LogP contribution in [0, 0.1) is 6.92 Å². The van der Waals surface area contributed by atoms with Crippen LogP contribution >= 0.6 is 27.5 Å². The molecule has 94 valence electrons. The van der Waals surface area contributed by atoms with E-state index in [2.05, 4.69) is 22.9 Å². The molecule has 2 nitrogen and oxygen atoms in total. The largest absolute Gasteiger partial charge is 0.486 e. The van der Waals surface area contributed by atoms with Gasteiger partial charge in [-0.1, -0.05) is 6.07 Å². The first-order valence-corrected chi connectivity index (χ1v) is 7.03. The monoisotopic (exact) mass is 318 g/mol. The summed E-state index contributed by atoms with van der Waals surface area (Å²) in [5.41, 5.74) is 1.20. The molecule has 0 N–H and O–H groups in total. The average molecular weight is 320 g/mol. The van der Waals surface area contributed by atoms with Crippen LogP contribution < -0.4 is 4.74 Å². The van der Waals surface area contributed by atoms with Crippen molar-refractivity contribution in [2.75, 3.05) is 6.61 Å². The van der Waals surface area contributed by atoms with E-state index in [1.165, 1.54) is 5.56 Å². The Morgan fingerprint density at radius 3 is 2.82 bits per heavy atom. The fourth-order valence-corrected chi connectivity index (χ4v) is 2.91. The maximum absolute atomic E-state index is 6.10. The van der Waals surface area contributed by atoms with Crippen molar-refractivity contribution in [1.82, 2.24) is 0 Å². The van der Waals surface area contributed by atoms with Crippen LogP contribution in [0.25, 0.3) is 0 Å². The number of aryl methyl sites for hydroxylation is 1. The first-order chi connectivity index (χ1) is 8.11. The van der Waals surface area contributed by atoms with Gasteiger partial charge in [0.1, 0.15) is 18.0 Å². The van der Waals surface area contributed by atoms with Gasteiger partial charge in [-0.3, -0.25) is 0 Å². The van der Waals surface area contributed by atoms with Gasteiger partial charge in [0.05, 0.1) is 9.85 Å². The molecule has 1 aromatic carbocycles. The van der Waals surface area contributed by atoms with Gasteiger partial charge in [0.25, 0.3) is 0 Å². The summed E-state index contributed by atoms with van der Waals surface area (Å²) in [4.78, 5) is 0. The van der Waals surface area contributed by atoms with Crippen molar-refractivity contribution in [1.29, 1.82) is 0 Å². The average Bonchev–Trinajstić information content (AvgIpc) is 2.28. The summed E-state index contributed by atoms with van der Waals surface area (Å²) in [6.45, 7) is 4.69. The topological polar surface area (TPSA) is 18.5 Å². The maximum atomic E-state index is 6.10. The van der Waals surface area contributed by atoms with Gasteiger partial charge in [-0.05, 0) is 47.5 Å². The van der Waals surface area contributed by atoms with Gasteiger partial charge in [0, 0.05) is 13.0 Å². The zero-order valence-corrected chi connectivity index (χ0v) is 12.3.